The van der Waals surface area contributed by atoms with E-state index in [2.05, 4.69) is 0 Å². The maximum atomic E-state index is 8.92. The smallest absolute Gasteiger partial charge is 0.810 e. The average molecular weight is 683 g/mol. The Hall–Kier alpha value is -0.854. The van der Waals surface area contributed by atoms with Crippen molar-refractivity contribution < 1.29 is 62.6 Å². The van der Waals surface area contributed by atoms with E-state index >= 15 is 0 Å². The molecule has 4 fully saturated rings. The van der Waals surface area contributed by atoms with Crippen LogP contribution in [0.3, 0.4) is 0 Å². The molecule has 194 valence electrons. The van der Waals surface area contributed by atoms with Crippen LogP contribution in [-0.2, 0) is 52.4 Å². The van der Waals surface area contributed by atoms with E-state index in [1.165, 1.54) is 12.1 Å². The Balaban J connectivity index is 0. The maximum absolute atomic E-state index is 8.92. The van der Waals surface area contributed by atoms with Gasteiger partial charge in [0.25, 0.3) is 0 Å². The van der Waals surface area contributed by atoms with Crippen molar-refractivity contribution in [1.82, 2.24) is 0 Å². The van der Waals surface area contributed by atoms with E-state index in [1.807, 2.05) is 128 Å². The predicted octanol–water partition coefficient (Wildman–Crippen LogP) is 6.84. The molecule has 40 heavy (non-hydrogen) atoms. The molecule has 0 bridgehead atoms. The third kappa shape index (κ3) is 23.8. The Labute approximate surface area is 283 Å². The van der Waals surface area contributed by atoms with Crippen molar-refractivity contribution in [2.45, 2.75) is 0 Å². The first-order valence-corrected chi connectivity index (χ1v) is 11.9. The molecule has 0 aromatic heterocycles. The van der Waals surface area contributed by atoms with E-state index in [9.17, 15) is 0 Å². The molecule has 2 aromatic rings. The van der Waals surface area contributed by atoms with Crippen LogP contribution in [0.15, 0.2) is 48.5 Å². The molecule has 22 radical (unpaired) electrons. The molecule has 2 N–H and O–H groups in total. The standard InChI is InChI=1S/2C7H6NO.4C5H5.2Zr/c2*8-5-6-3-1-2-4-7(6)9;4*1-2-4-5-3-1;;/h2*1-5,9H;4*1-5H;;/q2*-1;;;;;2*+3. The number of rotatable bonds is 2. The molecule has 4 nitrogen and oxygen atoms in total. The van der Waals surface area contributed by atoms with Gasteiger partial charge in [0.1, 0.15) is 11.5 Å². The van der Waals surface area contributed by atoms with Crippen molar-refractivity contribution in [3.05, 3.63) is 199 Å². The minimum absolute atomic E-state index is 0. The summed E-state index contributed by atoms with van der Waals surface area (Å²) in [5.41, 5.74) is 0.884. The number of nitrogens with zero attached hydrogens (tertiary/aromatic N) is 2. The van der Waals surface area contributed by atoms with Gasteiger partial charge in [-0.15, -0.1) is 0 Å². The summed E-state index contributed by atoms with van der Waals surface area (Å²) < 4.78 is 0. The van der Waals surface area contributed by atoms with Gasteiger partial charge in [0.2, 0.25) is 0 Å². The van der Waals surface area contributed by atoms with Crippen molar-refractivity contribution in [3.8, 4) is 11.5 Å². The van der Waals surface area contributed by atoms with Gasteiger partial charge < -0.3 is 21.0 Å². The number of hydrogen-bond acceptors (Lipinski definition) is 2. The summed E-state index contributed by atoms with van der Waals surface area (Å²) >= 11 is 0. The van der Waals surface area contributed by atoms with Crippen molar-refractivity contribution in [2.75, 3.05) is 0 Å². The molecule has 6 rings (SSSR count). The number of para-hydroxylation sites is 2. The molecular formula is C34H32N2O2Zr2+4. The normalized spacial score (nSPS) is 16.0. The van der Waals surface area contributed by atoms with Crippen LogP contribution in [0.5, 0.6) is 11.5 Å². The van der Waals surface area contributed by atoms with Gasteiger partial charge in [-0.1, -0.05) is 36.4 Å². The molecule has 0 heterocycles. The number of hydrogen-bond donors (Lipinski definition) is 2. The van der Waals surface area contributed by atoms with Crippen LogP contribution < -0.4 is 0 Å². The van der Waals surface area contributed by atoms with Crippen molar-refractivity contribution in [2.24, 2.45) is 0 Å². The van der Waals surface area contributed by atoms with Gasteiger partial charge in [-0.2, -0.15) is 12.4 Å². The van der Waals surface area contributed by atoms with E-state index in [4.69, 9.17) is 21.0 Å². The van der Waals surface area contributed by atoms with Crippen molar-refractivity contribution in [1.29, 1.82) is 0 Å². The zero-order valence-corrected chi connectivity index (χ0v) is 27.0. The zero-order valence-electron chi connectivity index (χ0n) is 22.1. The second kappa shape index (κ2) is 31.1. The van der Waals surface area contributed by atoms with Crippen molar-refractivity contribution in [3.63, 3.8) is 0 Å². The Kier molecular flexibility index (Phi) is 32.1. The number of phenolic OH excluding ortho intramolecular Hbond substituents is 2. The Morgan fingerprint density at radius 3 is 0.650 bits per heavy atom. The topological polar surface area (TPSA) is 85.1 Å². The van der Waals surface area contributed by atoms with Crippen LogP contribution in [0, 0.1) is 128 Å². The van der Waals surface area contributed by atoms with E-state index in [0.29, 0.717) is 11.1 Å². The molecule has 0 spiro atoms. The maximum Gasteiger partial charge on any atom is 3.00 e. The summed E-state index contributed by atoms with van der Waals surface area (Å²) in [7, 11) is 0. The van der Waals surface area contributed by atoms with Gasteiger partial charge in [0, 0.05) is 0 Å². The monoisotopic (exact) mass is 680 g/mol. The molecule has 0 atom stereocenters. The molecule has 0 aliphatic heterocycles. The van der Waals surface area contributed by atoms with Crippen LogP contribution in [0.1, 0.15) is 11.1 Å². The summed E-state index contributed by atoms with van der Waals surface area (Å²) in [4.78, 5) is 0. The van der Waals surface area contributed by atoms with E-state index in [1.54, 1.807) is 36.4 Å². The van der Waals surface area contributed by atoms with E-state index < -0.39 is 0 Å². The second-order valence-corrected chi connectivity index (χ2v) is 7.22. The SMILES string of the molecule is [CH]1[CH][CH][CH][CH]1.[CH]1[CH][CH][CH][CH]1.[CH]1[CH][CH][CH][CH]1.[CH]1[CH][CH][CH][CH]1.[N-]=Cc1ccccc1O.[N-]=Cc1ccccc1O.[Zr+3].[Zr+3]. The fraction of sp³-hybridized carbons (Fsp3) is 0. The minimum atomic E-state index is 0. The van der Waals surface area contributed by atoms with Crippen LogP contribution in [-0.4, -0.2) is 22.6 Å². The number of benzene rings is 2. The van der Waals surface area contributed by atoms with Gasteiger partial charge in [-0.25, -0.2) is 0 Å². The van der Waals surface area contributed by atoms with Crippen LogP contribution in [0.25, 0.3) is 10.8 Å². The predicted molar refractivity (Wildman–Crippen MR) is 159 cm³/mol. The van der Waals surface area contributed by atoms with Crippen LogP contribution >= 0.6 is 0 Å². The molecule has 4 aliphatic rings. The Morgan fingerprint density at radius 2 is 0.525 bits per heavy atom. The van der Waals surface area contributed by atoms with Gasteiger partial charge >= 0.3 is 52.4 Å². The number of phenols is 2. The van der Waals surface area contributed by atoms with Crippen molar-refractivity contribution >= 4 is 12.4 Å². The number of aromatic hydroxyl groups is 2. The second-order valence-electron chi connectivity index (χ2n) is 7.22. The summed E-state index contributed by atoms with van der Waals surface area (Å²) in [5, 5.41) is 34.7. The minimum Gasteiger partial charge on any atom is -0.810 e. The van der Waals surface area contributed by atoms with E-state index in [0.717, 1.165) is 12.4 Å². The fourth-order valence-corrected chi connectivity index (χ4v) is 2.48. The van der Waals surface area contributed by atoms with Crippen LogP contribution in [0.2, 0.25) is 0 Å². The first-order valence-electron chi connectivity index (χ1n) is 11.9. The molecular weight excluding hydrogens is 651 g/mol. The average Bonchev–Trinajstić information content (AvgIpc) is 3.81. The molecule has 0 amide bonds. The molecule has 4 aliphatic carbocycles. The first-order chi connectivity index (χ1) is 18.7. The molecule has 6 heteroatoms. The van der Waals surface area contributed by atoms with Crippen LogP contribution in [0.4, 0.5) is 0 Å². The zero-order chi connectivity index (χ0) is 27.5. The first kappa shape index (κ1) is 41.3. The Morgan fingerprint density at radius 1 is 0.350 bits per heavy atom. The fourth-order valence-electron chi connectivity index (χ4n) is 2.48. The largest absolute Gasteiger partial charge is 3.00 e. The Bertz CT molecular complexity index is 712. The van der Waals surface area contributed by atoms with Gasteiger partial charge in [-0.3, -0.25) is 0 Å². The van der Waals surface area contributed by atoms with Gasteiger partial charge in [0.05, 0.1) is 0 Å². The molecule has 2 aromatic carbocycles. The summed E-state index contributed by atoms with van der Waals surface area (Å²) in [5.74, 6) is 0.194. The van der Waals surface area contributed by atoms with Gasteiger partial charge in [-0.05, 0) is 152 Å². The van der Waals surface area contributed by atoms with E-state index in [-0.39, 0.29) is 63.9 Å². The summed E-state index contributed by atoms with van der Waals surface area (Å²) in [6.07, 6.45) is 41.7. The molecule has 0 unspecified atom stereocenters. The molecule has 0 saturated heterocycles. The molecule has 4 saturated carbocycles. The van der Waals surface area contributed by atoms with Gasteiger partial charge in [0.15, 0.2) is 0 Å². The summed E-state index contributed by atoms with van der Waals surface area (Å²) in [6, 6.07) is 13.1. The summed E-state index contributed by atoms with van der Waals surface area (Å²) in [6.45, 7) is 0. The third-order valence-electron chi connectivity index (χ3n) is 4.37. The quantitative estimate of drug-likeness (QED) is 0.340. The third-order valence-corrected chi connectivity index (χ3v) is 4.37.